The van der Waals surface area contributed by atoms with Gasteiger partial charge in [0, 0.05) is 0 Å². The van der Waals surface area contributed by atoms with Gasteiger partial charge in [-0.3, -0.25) is 9.59 Å². The molecule has 2 aliphatic carbocycles. The van der Waals surface area contributed by atoms with Crippen LogP contribution in [0.25, 0.3) is 0 Å². The van der Waals surface area contributed by atoms with Gasteiger partial charge in [-0.2, -0.15) is 0 Å². The molecular weight excluding hydrogens is 232 g/mol. The van der Waals surface area contributed by atoms with Crippen LogP contribution in [0.1, 0.15) is 0 Å². The van der Waals surface area contributed by atoms with Gasteiger partial charge < -0.3 is 9.47 Å². The van der Waals surface area contributed by atoms with Crippen molar-refractivity contribution in [2.75, 3.05) is 14.2 Å². The van der Waals surface area contributed by atoms with Gasteiger partial charge in [0.2, 0.25) is 11.6 Å². The lowest BCUT2D eigenvalue weighted by molar-refractivity contribution is -0.114. The first-order valence-corrected chi connectivity index (χ1v) is 5.36. The van der Waals surface area contributed by atoms with Gasteiger partial charge in [-0.1, -0.05) is 12.2 Å². The van der Waals surface area contributed by atoms with E-state index in [0.717, 1.165) is 11.1 Å². The largest absolute Gasteiger partial charge is 0.493 e. The fourth-order valence-electron chi connectivity index (χ4n) is 1.69. The molecule has 0 spiro atoms. The molecule has 0 saturated heterocycles. The third kappa shape index (κ3) is 2.18. The molecule has 0 bridgehead atoms. The minimum absolute atomic E-state index is 0.173. The first kappa shape index (κ1) is 12.1. The highest BCUT2D eigenvalue weighted by molar-refractivity contribution is 6.06. The lowest BCUT2D eigenvalue weighted by Gasteiger charge is -2.12. The SMILES string of the molecule is COC1=C/C(=C2\C=CC(=O)C(OC)=C2)C=CC1=O. The number of methoxy groups -OCH3 is 2. The summed E-state index contributed by atoms with van der Waals surface area (Å²) in [5.74, 6) is 0.206. The normalized spacial score (nSPS) is 22.8. The van der Waals surface area contributed by atoms with Crippen LogP contribution in [0.15, 0.2) is 59.1 Å². The summed E-state index contributed by atoms with van der Waals surface area (Å²) in [7, 11) is 2.89. The van der Waals surface area contributed by atoms with E-state index >= 15 is 0 Å². The van der Waals surface area contributed by atoms with Crippen molar-refractivity contribution in [1.29, 1.82) is 0 Å². The zero-order chi connectivity index (χ0) is 13.1. The Morgan fingerprint density at radius 3 is 1.44 bits per heavy atom. The van der Waals surface area contributed by atoms with E-state index in [1.54, 1.807) is 24.3 Å². The van der Waals surface area contributed by atoms with E-state index < -0.39 is 0 Å². The average molecular weight is 244 g/mol. The van der Waals surface area contributed by atoms with Crippen LogP contribution in [0.4, 0.5) is 0 Å². The lowest BCUT2D eigenvalue weighted by Crippen LogP contribution is -2.08. The number of carbonyl (C=O) groups excluding carboxylic acids is 2. The Morgan fingerprint density at radius 1 is 0.722 bits per heavy atom. The summed E-state index contributed by atoms with van der Waals surface area (Å²) in [6, 6.07) is 0. The molecule has 0 unspecified atom stereocenters. The van der Waals surface area contributed by atoms with Crippen molar-refractivity contribution < 1.29 is 19.1 Å². The molecule has 0 N–H and O–H groups in total. The first-order chi connectivity index (χ1) is 8.65. The van der Waals surface area contributed by atoms with Gasteiger partial charge in [-0.25, -0.2) is 0 Å². The number of hydrogen-bond donors (Lipinski definition) is 0. The molecule has 0 heterocycles. The molecule has 0 aromatic carbocycles. The average Bonchev–Trinajstić information content (AvgIpc) is 2.40. The lowest BCUT2D eigenvalue weighted by atomic mass is 9.97. The molecule has 0 fully saturated rings. The second kappa shape index (κ2) is 4.87. The van der Waals surface area contributed by atoms with Crippen LogP contribution in [-0.4, -0.2) is 25.8 Å². The Labute approximate surface area is 105 Å². The number of rotatable bonds is 2. The van der Waals surface area contributed by atoms with Crippen molar-refractivity contribution in [3.05, 3.63) is 59.1 Å². The van der Waals surface area contributed by atoms with Gasteiger partial charge >= 0.3 is 0 Å². The standard InChI is InChI=1S/C14H12O4/c1-17-13-7-9(3-5-11(13)15)10-4-6-12(16)14(8-10)18-2/h3-8H,1-2H3/b10-9+. The summed E-state index contributed by atoms with van der Waals surface area (Å²) < 4.78 is 9.96. The Balaban J connectivity index is 2.44. The smallest absolute Gasteiger partial charge is 0.220 e. The number of carbonyl (C=O) groups is 2. The maximum atomic E-state index is 11.4. The van der Waals surface area contributed by atoms with Crippen LogP contribution < -0.4 is 0 Å². The van der Waals surface area contributed by atoms with Crippen LogP contribution in [0.2, 0.25) is 0 Å². The van der Waals surface area contributed by atoms with Gasteiger partial charge in [0.15, 0.2) is 11.5 Å². The molecule has 2 aliphatic rings. The Bertz CT molecular complexity index is 506. The molecule has 0 amide bonds. The molecule has 0 saturated carbocycles. The zero-order valence-electron chi connectivity index (χ0n) is 10.1. The van der Waals surface area contributed by atoms with Crippen molar-refractivity contribution in [1.82, 2.24) is 0 Å². The van der Waals surface area contributed by atoms with E-state index in [0.29, 0.717) is 0 Å². The summed E-state index contributed by atoms with van der Waals surface area (Å²) in [4.78, 5) is 22.8. The molecular formula is C14H12O4. The van der Waals surface area contributed by atoms with Crippen molar-refractivity contribution in [3.8, 4) is 0 Å². The van der Waals surface area contributed by atoms with Crippen LogP contribution in [0, 0.1) is 0 Å². The van der Waals surface area contributed by atoms with E-state index in [-0.39, 0.29) is 23.1 Å². The van der Waals surface area contributed by atoms with Crippen LogP contribution >= 0.6 is 0 Å². The van der Waals surface area contributed by atoms with E-state index in [1.807, 2.05) is 0 Å². The molecule has 4 heteroatoms. The van der Waals surface area contributed by atoms with Gasteiger partial charge in [0.1, 0.15) is 0 Å². The molecule has 0 atom stereocenters. The fraction of sp³-hybridized carbons (Fsp3) is 0.143. The predicted molar refractivity (Wildman–Crippen MR) is 65.5 cm³/mol. The summed E-state index contributed by atoms with van der Waals surface area (Å²) in [6.07, 6.45) is 9.52. The van der Waals surface area contributed by atoms with Crippen molar-refractivity contribution >= 4 is 11.6 Å². The zero-order valence-corrected chi connectivity index (χ0v) is 10.1. The Morgan fingerprint density at radius 2 is 1.11 bits per heavy atom. The van der Waals surface area contributed by atoms with Crippen LogP contribution in [-0.2, 0) is 19.1 Å². The highest BCUT2D eigenvalue weighted by Gasteiger charge is 2.16. The van der Waals surface area contributed by atoms with Crippen molar-refractivity contribution in [2.24, 2.45) is 0 Å². The Hall–Kier alpha value is -2.36. The number of ketones is 2. The van der Waals surface area contributed by atoms with E-state index in [9.17, 15) is 9.59 Å². The Kier molecular flexibility index (Phi) is 3.28. The number of hydrogen-bond acceptors (Lipinski definition) is 4. The molecule has 18 heavy (non-hydrogen) atoms. The van der Waals surface area contributed by atoms with Gasteiger partial charge in [-0.15, -0.1) is 0 Å². The highest BCUT2D eigenvalue weighted by atomic mass is 16.5. The molecule has 0 aromatic rings. The van der Waals surface area contributed by atoms with Crippen molar-refractivity contribution in [3.63, 3.8) is 0 Å². The maximum absolute atomic E-state index is 11.4. The molecule has 4 nitrogen and oxygen atoms in total. The minimum atomic E-state index is -0.173. The second-order valence-corrected chi connectivity index (χ2v) is 3.73. The van der Waals surface area contributed by atoms with Gasteiger partial charge in [-0.05, 0) is 35.5 Å². The summed E-state index contributed by atoms with van der Waals surface area (Å²) in [5.41, 5.74) is 1.59. The second-order valence-electron chi connectivity index (χ2n) is 3.73. The topological polar surface area (TPSA) is 52.6 Å². The fourth-order valence-corrected chi connectivity index (χ4v) is 1.69. The van der Waals surface area contributed by atoms with Gasteiger partial charge in [0.05, 0.1) is 14.2 Å². The van der Waals surface area contributed by atoms with E-state index in [1.165, 1.54) is 26.4 Å². The monoisotopic (exact) mass is 244 g/mol. The number of allylic oxidation sites excluding steroid dienone is 8. The summed E-state index contributed by atoms with van der Waals surface area (Å²) >= 11 is 0. The van der Waals surface area contributed by atoms with Gasteiger partial charge in [0.25, 0.3) is 0 Å². The quantitative estimate of drug-likeness (QED) is 0.740. The van der Waals surface area contributed by atoms with Crippen molar-refractivity contribution in [2.45, 2.75) is 0 Å². The summed E-state index contributed by atoms with van der Waals surface area (Å²) in [5, 5.41) is 0. The number of ether oxygens (including phenoxy) is 2. The molecule has 0 aliphatic heterocycles. The first-order valence-electron chi connectivity index (χ1n) is 5.36. The minimum Gasteiger partial charge on any atom is -0.493 e. The predicted octanol–water partition coefficient (Wildman–Crippen LogP) is 1.62. The maximum Gasteiger partial charge on any atom is 0.220 e. The van der Waals surface area contributed by atoms with Crippen LogP contribution in [0.5, 0.6) is 0 Å². The van der Waals surface area contributed by atoms with Crippen LogP contribution in [0.3, 0.4) is 0 Å². The third-order valence-electron chi connectivity index (χ3n) is 2.66. The highest BCUT2D eigenvalue weighted by Crippen LogP contribution is 2.22. The third-order valence-corrected chi connectivity index (χ3v) is 2.66. The molecule has 0 radical (unpaired) electrons. The van der Waals surface area contributed by atoms with E-state index in [4.69, 9.17) is 9.47 Å². The molecule has 2 rings (SSSR count). The molecule has 92 valence electrons. The molecule has 0 aromatic heterocycles. The van der Waals surface area contributed by atoms with E-state index in [2.05, 4.69) is 0 Å². The summed E-state index contributed by atoms with van der Waals surface area (Å²) in [6.45, 7) is 0.